The molecule has 0 aliphatic heterocycles. The van der Waals surface area contributed by atoms with Crippen LogP contribution in [-0.2, 0) is 16.6 Å². The van der Waals surface area contributed by atoms with Gasteiger partial charge in [-0.05, 0) is 51.8 Å². The maximum atomic E-state index is 13.3. The molecule has 0 aliphatic rings. The van der Waals surface area contributed by atoms with Crippen LogP contribution >= 0.6 is 0 Å². The molecule has 4 N–H and O–H groups in total. The summed E-state index contributed by atoms with van der Waals surface area (Å²) in [6.07, 6.45) is 1.46. The first-order valence-corrected chi connectivity index (χ1v) is 11.7. The van der Waals surface area contributed by atoms with E-state index in [1.165, 1.54) is 29.8 Å². The standard InChI is InChI=1S/C21H31N5O5S/c1-7-8-11-26-17(22)16(18(27)23-20(26)29)25(6)19(28)15-12-14(10-9-13(15)2)32(30,31)24-21(3,4)5/h9-10,12,24H,7-8,11,22H2,1-6H3,(H,23,27,29). The zero-order valence-corrected chi connectivity index (χ0v) is 20.1. The summed E-state index contributed by atoms with van der Waals surface area (Å²) in [4.78, 5) is 41.0. The fourth-order valence-corrected chi connectivity index (χ4v) is 4.63. The van der Waals surface area contributed by atoms with E-state index in [1.54, 1.807) is 27.7 Å². The number of hydrogen-bond acceptors (Lipinski definition) is 6. The van der Waals surface area contributed by atoms with Crippen molar-refractivity contribution < 1.29 is 13.2 Å². The van der Waals surface area contributed by atoms with E-state index in [1.807, 2.05) is 6.92 Å². The number of rotatable bonds is 7. The van der Waals surface area contributed by atoms with E-state index in [4.69, 9.17) is 5.73 Å². The average molecular weight is 466 g/mol. The van der Waals surface area contributed by atoms with Crippen LogP contribution < -0.4 is 26.6 Å². The largest absolute Gasteiger partial charge is 0.383 e. The van der Waals surface area contributed by atoms with Crippen molar-refractivity contribution >= 4 is 27.4 Å². The van der Waals surface area contributed by atoms with E-state index in [9.17, 15) is 22.8 Å². The predicted octanol–water partition coefficient (Wildman–Crippen LogP) is 1.58. The molecule has 1 heterocycles. The summed E-state index contributed by atoms with van der Waals surface area (Å²) in [6, 6.07) is 4.19. The Kier molecular flexibility index (Phi) is 7.36. The number of H-pyrrole nitrogens is 1. The molecule has 1 aromatic heterocycles. The van der Waals surface area contributed by atoms with Crippen molar-refractivity contribution in [2.45, 2.75) is 64.4 Å². The van der Waals surface area contributed by atoms with Crippen molar-refractivity contribution in [3.05, 3.63) is 50.2 Å². The minimum Gasteiger partial charge on any atom is -0.383 e. The Morgan fingerprint density at radius 3 is 2.44 bits per heavy atom. The molecule has 11 heteroatoms. The van der Waals surface area contributed by atoms with E-state index in [0.29, 0.717) is 12.0 Å². The molecule has 0 atom stereocenters. The van der Waals surface area contributed by atoms with Crippen molar-refractivity contribution in [2.75, 3.05) is 17.7 Å². The van der Waals surface area contributed by atoms with Gasteiger partial charge in [-0.15, -0.1) is 0 Å². The number of aryl methyl sites for hydroxylation is 1. The molecule has 0 saturated carbocycles. The van der Waals surface area contributed by atoms with E-state index >= 15 is 0 Å². The Labute approximate surface area is 187 Å². The Morgan fingerprint density at radius 1 is 1.25 bits per heavy atom. The molecule has 0 aliphatic carbocycles. The highest BCUT2D eigenvalue weighted by Gasteiger charge is 2.26. The lowest BCUT2D eigenvalue weighted by Crippen LogP contribution is -2.41. The Balaban J connectivity index is 2.55. The van der Waals surface area contributed by atoms with Crippen LogP contribution in [-0.4, -0.2) is 36.5 Å². The Morgan fingerprint density at radius 2 is 1.88 bits per heavy atom. The average Bonchev–Trinajstić information content (AvgIpc) is 2.65. The van der Waals surface area contributed by atoms with Crippen molar-refractivity contribution in [2.24, 2.45) is 0 Å². The van der Waals surface area contributed by atoms with Crippen LogP contribution in [0.25, 0.3) is 0 Å². The number of benzene rings is 1. The number of nitrogens with one attached hydrogen (secondary N) is 2. The molecule has 176 valence electrons. The summed E-state index contributed by atoms with van der Waals surface area (Å²) in [7, 11) is -2.53. The van der Waals surface area contributed by atoms with Crippen molar-refractivity contribution in [3.8, 4) is 0 Å². The molecule has 0 radical (unpaired) electrons. The normalized spacial score (nSPS) is 12.1. The lowest BCUT2D eigenvalue weighted by molar-refractivity contribution is 0.0992. The summed E-state index contributed by atoms with van der Waals surface area (Å²) >= 11 is 0. The van der Waals surface area contributed by atoms with Crippen LogP contribution in [0, 0.1) is 6.92 Å². The number of unbranched alkanes of at least 4 members (excludes halogenated alkanes) is 1. The second-order valence-electron chi connectivity index (χ2n) is 8.69. The first-order valence-electron chi connectivity index (χ1n) is 10.2. The van der Waals surface area contributed by atoms with Crippen molar-refractivity contribution in [1.29, 1.82) is 0 Å². The summed E-state index contributed by atoms with van der Waals surface area (Å²) in [6.45, 7) is 9.02. The zero-order valence-electron chi connectivity index (χ0n) is 19.3. The highest BCUT2D eigenvalue weighted by atomic mass is 32.2. The lowest BCUT2D eigenvalue weighted by atomic mass is 10.1. The van der Waals surface area contributed by atoms with Gasteiger partial charge in [0.2, 0.25) is 10.0 Å². The highest BCUT2D eigenvalue weighted by Crippen LogP contribution is 2.22. The number of sulfonamides is 1. The van der Waals surface area contributed by atoms with Gasteiger partial charge in [-0.2, -0.15) is 0 Å². The Bertz CT molecular complexity index is 1240. The number of carbonyl (C=O) groups excluding carboxylic acids is 1. The number of hydrogen-bond donors (Lipinski definition) is 3. The quantitative estimate of drug-likeness (QED) is 0.565. The zero-order chi connectivity index (χ0) is 24.4. The van der Waals surface area contributed by atoms with Crippen LogP contribution in [0.2, 0.25) is 0 Å². The Hall–Kier alpha value is -2.92. The number of anilines is 2. The van der Waals surface area contributed by atoms with Gasteiger partial charge in [0.15, 0.2) is 5.69 Å². The van der Waals surface area contributed by atoms with Gasteiger partial charge in [0.1, 0.15) is 5.82 Å². The monoisotopic (exact) mass is 465 g/mol. The molecule has 0 unspecified atom stereocenters. The fourth-order valence-electron chi connectivity index (χ4n) is 3.18. The molecular weight excluding hydrogens is 434 g/mol. The molecule has 0 saturated heterocycles. The van der Waals surface area contributed by atoms with Gasteiger partial charge >= 0.3 is 5.69 Å². The van der Waals surface area contributed by atoms with Crippen LogP contribution in [0.4, 0.5) is 11.5 Å². The smallest absolute Gasteiger partial charge is 0.330 e. The number of carbonyl (C=O) groups is 1. The second kappa shape index (κ2) is 9.29. The minimum atomic E-state index is -3.88. The number of nitrogen functional groups attached to an aromatic ring is 1. The summed E-state index contributed by atoms with van der Waals surface area (Å²) in [5.41, 5.74) is 4.37. The van der Waals surface area contributed by atoms with Gasteiger partial charge in [0, 0.05) is 24.7 Å². The van der Waals surface area contributed by atoms with Gasteiger partial charge < -0.3 is 10.6 Å². The molecule has 2 rings (SSSR count). The van der Waals surface area contributed by atoms with Crippen LogP contribution in [0.1, 0.15) is 56.5 Å². The molecule has 0 spiro atoms. The van der Waals surface area contributed by atoms with E-state index in [-0.39, 0.29) is 28.5 Å². The van der Waals surface area contributed by atoms with Gasteiger partial charge in [-0.3, -0.25) is 19.1 Å². The topological polar surface area (TPSA) is 147 Å². The number of amides is 1. The van der Waals surface area contributed by atoms with Crippen molar-refractivity contribution in [3.63, 3.8) is 0 Å². The molecule has 1 amide bonds. The minimum absolute atomic E-state index is 0.0791. The van der Waals surface area contributed by atoms with Crippen LogP contribution in [0.3, 0.4) is 0 Å². The van der Waals surface area contributed by atoms with Crippen LogP contribution in [0.15, 0.2) is 32.7 Å². The second-order valence-corrected chi connectivity index (χ2v) is 10.4. The van der Waals surface area contributed by atoms with Crippen molar-refractivity contribution in [1.82, 2.24) is 14.3 Å². The molecular formula is C21H31N5O5S. The maximum absolute atomic E-state index is 13.3. The number of aromatic amines is 1. The summed E-state index contributed by atoms with van der Waals surface area (Å²) < 4.78 is 29.2. The van der Waals surface area contributed by atoms with Gasteiger partial charge in [-0.25, -0.2) is 17.9 Å². The fraction of sp³-hybridized carbons (Fsp3) is 0.476. The van der Waals surface area contributed by atoms with E-state index < -0.39 is 32.7 Å². The number of nitrogens with two attached hydrogens (primary N) is 1. The predicted molar refractivity (Wildman–Crippen MR) is 125 cm³/mol. The first kappa shape index (κ1) is 25.3. The number of nitrogens with zero attached hydrogens (tertiary/aromatic N) is 2. The first-order chi connectivity index (χ1) is 14.7. The maximum Gasteiger partial charge on any atom is 0.330 e. The van der Waals surface area contributed by atoms with E-state index in [2.05, 4.69) is 9.71 Å². The summed E-state index contributed by atoms with van der Waals surface area (Å²) in [5.74, 6) is -0.757. The third-order valence-electron chi connectivity index (χ3n) is 4.78. The summed E-state index contributed by atoms with van der Waals surface area (Å²) in [5, 5.41) is 0. The third kappa shape index (κ3) is 5.46. The molecule has 2 aromatic rings. The van der Waals surface area contributed by atoms with Gasteiger partial charge in [-0.1, -0.05) is 19.4 Å². The molecule has 1 aromatic carbocycles. The SMILES string of the molecule is CCCCn1c(N)c(N(C)C(=O)c2cc(S(=O)(=O)NC(C)(C)C)ccc2C)c(=O)[nH]c1=O. The molecule has 10 nitrogen and oxygen atoms in total. The van der Waals surface area contributed by atoms with E-state index in [0.717, 1.165) is 11.3 Å². The molecule has 0 fully saturated rings. The van der Waals surface area contributed by atoms with Gasteiger partial charge in [0.25, 0.3) is 11.5 Å². The highest BCUT2D eigenvalue weighted by molar-refractivity contribution is 7.89. The van der Waals surface area contributed by atoms with Gasteiger partial charge in [0.05, 0.1) is 4.90 Å². The molecule has 0 bridgehead atoms. The lowest BCUT2D eigenvalue weighted by Gasteiger charge is -2.22. The third-order valence-corrected chi connectivity index (χ3v) is 6.54. The van der Waals surface area contributed by atoms with Crippen LogP contribution in [0.5, 0.6) is 0 Å². The number of aromatic nitrogens is 2. The molecule has 32 heavy (non-hydrogen) atoms.